The van der Waals surface area contributed by atoms with Crippen LogP contribution >= 0.6 is 0 Å². The van der Waals surface area contributed by atoms with Crippen molar-refractivity contribution in [3.8, 4) is 0 Å². The number of aromatic amines is 1. The van der Waals surface area contributed by atoms with E-state index in [2.05, 4.69) is 46.4 Å². The van der Waals surface area contributed by atoms with Gasteiger partial charge in [-0.25, -0.2) is 0 Å². The number of H-pyrrole nitrogens is 1. The monoisotopic (exact) mass is 283 g/mol. The van der Waals surface area contributed by atoms with Crippen LogP contribution in [0.1, 0.15) is 43.5 Å². The maximum Gasteiger partial charge on any atom is 0.0516 e. The zero-order chi connectivity index (χ0) is 14.2. The predicted molar refractivity (Wildman–Crippen MR) is 87.6 cm³/mol. The molecular weight excluding hydrogens is 258 g/mol. The van der Waals surface area contributed by atoms with Crippen molar-refractivity contribution in [1.29, 1.82) is 0 Å². The number of aromatic nitrogens is 1. The van der Waals surface area contributed by atoms with Crippen LogP contribution in [0.2, 0.25) is 0 Å². The lowest BCUT2D eigenvalue weighted by molar-refractivity contribution is 0.113. The molecule has 1 saturated heterocycles. The number of piperidine rings is 1. The summed E-state index contributed by atoms with van der Waals surface area (Å²) in [7, 11) is 0. The van der Waals surface area contributed by atoms with Crippen LogP contribution in [0.3, 0.4) is 0 Å². The van der Waals surface area contributed by atoms with Gasteiger partial charge >= 0.3 is 0 Å². The van der Waals surface area contributed by atoms with Crippen LogP contribution in [0.15, 0.2) is 24.3 Å². The molecule has 21 heavy (non-hydrogen) atoms. The van der Waals surface area contributed by atoms with Gasteiger partial charge in [0, 0.05) is 35.7 Å². The molecule has 0 radical (unpaired) electrons. The third-order valence-electron chi connectivity index (χ3n) is 5.23. The Hall–Kier alpha value is -1.32. The van der Waals surface area contributed by atoms with E-state index in [-0.39, 0.29) is 0 Å². The Labute approximate surface area is 126 Å². The standard InChI is InChI=1S/C18H25N3/c1-2-9-19-13-7-10-21-11-8-15-14-5-3-4-6-16(14)20-18(15)17(21)12-13/h3-6,13,17,19-20H,2,7-12H2,1H3/t13-,17-/m1/s1. The van der Waals surface area contributed by atoms with Crippen molar-refractivity contribution in [2.45, 2.75) is 44.7 Å². The fraction of sp³-hybridized carbons (Fsp3) is 0.556. The summed E-state index contributed by atoms with van der Waals surface area (Å²) in [6.07, 6.45) is 4.97. The topological polar surface area (TPSA) is 31.1 Å². The highest BCUT2D eigenvalue weighted by atomic mass is 15.2. The highest BCUT2D eigenvalue weighted by Crippen LogP contribution is 2.39. The van der Waals surface area contributed by atoms with Crippen LogP contribution in [0.4, 0.5) is 0 Å². The number of hydrogen-bond donors (Lipinski definition) is 2. The van der Waals surface area contributed by atoms with E-state index in [9.17, 15) is 0 Å². The zero-order valence-corrected chi connectivity index (χ0v) is 12.9. The van der Waals surface area contributed by atoms with E-state index in [0.29, 0.717) is 12.1 Å². The van der Waals surface area contributed by atoms with Gasteiger partial charge in [-0.1, -0.05) is 25.1 Å². The molecular formula is C18H25N3. The second-order valence-corrected chi connectivity index (χ2v) is 6.54. The quantitative estimate of drug-likeness (QED) is 0.906. The highest BCUT2D eigenvalue weighted by Gasteiger charge is 2.35. The summed E-state index contributed by atoms with van der Waals surface area (Å²) in [6.45, 7) is 5.86. The van der Waals surface area contributed by atoms with Gasteiger partial charge in [-0.3, -0.25) is 4.90 Å². The van der Waals surface area contributed by atoms with Gasteiger partial charge in [0.25, 0.3) is 0 Å². The van der Waals surface area contributed by atoms with Gasteiger partial charge in [0.2, 0.25) is 0 Å². The summed E-state index contributed by atoms with van der Waals surface area (Å²) in [5, 5.41) is 5.17. The number of hydrogen-bond acceptors (Lipinski definition) is 2. The van der Waals surface area contributed by atoms with Crippen molar-refractivity contribution >= 4 is 10.9 Å². The fourth-order valence-corrected chi connectivity index (χ4v) is 4.15. The molecule has 0 unspecified atom stereocenters. The average Bonchev–Trinajstić information content (AvgIpc) is 2.92. The van der Waals surface area contributed by atoms with Gasteiger partial charge in [0.1, 0.15) is 0 Å². The second kappa shape index (κ2) is 5.47. The Bertz CT molecular complexity index is 630. The van der Waals surface area contributed by atoms with E-state index < -0.39 is 0 Å². The molecule has 0 bridgehead atoms. The number of rotatable bonds is 3. The summed E-state index contributed by atoms with van der Waals surface area (Å²) in [5.41, 5.74) is 4.38. The molecule has 2 N–H and O–H groups in total. The predicted octanol–water partition coefficient (Wildman–Crippen LogP) is 3.23. The Morgan fingerprint density at radius 2 is 2.19 bits per heavy atom. The molecule has 1 fully saturated rings. The minimum absolute atomic E-state index is 0.587. The van der Waals surface area contributed by atoms with Crippen LogP contribution in [-0.4, -0.2) is 35.6 Å². The van der Waals surface area contributed by atoms with Crippen LogP contribution < -0.4 is 5.32 Å². The third-order valence-corrected chi connectivity index (χ3v) is 5.23. The SMILES string of the molecule is CCCN[C@@H]1CCN2CCc3c([nH]c4ccccc34)[C@H]2C1. The first-order valence-corrected chi connectivity index (χ1v) is 8.43. The molecule has 3 nitrogen and oxygen atoms in total. The molecule has 2 atom stereocenters. The molecule has 0 amide bonds. The molecule has 0 saturated carbocycles. The van der Waals surface area contributed by atoms with Crippen molar-refractivity contribution in [3.63, 3.8) is 0 Å². The smallest absolute Gasteiger partial charge is 0.0516 e. The fourth-order valence-electron chi connectivity index (χ4n) is 4.15. The molecule has 1 aromatic carbocycles. The second-order valence-electron chi connectivity index (χ2n) is 6.54. The lowest BCUT2D eigenvalue weighted by Crippen LogP contribution is -2.47. The molecule has 0 spiro atoms. The number of nitrogens with zero attached hydrogens (tertiary/aromatic N) is 1. The van der Waals surface area contributed by atoms with Crippen molar-refractivity contribution in [1.82, 2.24) is 15.2 Å². The van der Waals surface area contributed by atoms with Crippen molar-refractivity contribution < 1.29 is 0 Å². The highest BCUT2D eigenvalue weighted by molar-refractivity contribution is 5.85. The Morgan fingerprint density at radius 3 is 3.10 bits per heavy atom. The Balaban J connectivity index is 1.65. The summed E-state index contributed by atoms with van der Waals surface area (Å²) in [4.78, 5) is 6.40. The Kier molecular flexibility index (Phi) is 3.48. The van der Waals surface area contributed by atoms with Crippen molar-refractivity contribution in [2.24, 2.45) is 0 Å². The van der Waals surface area contributed by atoms with Crippen LogP contribution in [-0.2, 0) is 6.42 Å². The maximum atomic E-state index is 3.73. The molecule has 4 rings (SSSR count). The molecule has 1 aromatic heterocycles. The maximum absolute atomic E-state index is 3.73. The van der Waals surface area contributed by atoms with Crippen molar-refractivity contribution in [2.75, 3.05) is 19.6 Å². The first-order chi connectivity index (χ1) is 10.4. The Morgan fingerprint density at radius 1 is 1.29 bits per heavy atom. The summed E-state index contributed by atoms with van der Waals surface area (Å²) >= 11 is 0. The normalized spacial score (nSPS) is 25.8. The third kappa shape index (κ3) is 2.29. The van der Waals surface area contributed by atoms with E-state index in [0.717, 1.165) is 6.54 Å². The largest absolute Gasteiger partial charge is 0.357 e. The van der Waals surface area contributed by atoms with Gasteiger partial charge in [-0.15, -0.1) is 0 Å². The van der Waals surface area contributed by atoms with Gasteiger partial charge in [0.05, 0.1) is 6.04 Å². The lowest BCUT2D eigenvalue weighted by Gasteiger charge is -2.42. The van der Waals surface area contributed by atoms with E-state index in [1.807, 2.05) is 0 Å². The molecule has 0 aliphatic carbocycles. The molecule has 3 heterocycles. The minimum atomic E-state index is 0.587. The van der Waals surface area contributed by atoms with Gasteiger partial charge in [-0.05, 0) is 43.9 Å². The first-order valence-electron chi connectivity index (χ1n) is 8.43. The number of para-hydroxylation sites is 1. The van der Waals surface area contributed by atoms with Crippen LogP contribution in [0.5, 0.6) is 0 Å². The molecule has 3 heteroatoms. The number of benzene rings is 1. The van der Waals surface area contributed by atoms with Gasteiger partial charge < -0.3 is 10.3 Å². The summed E-state index contributed by atoms with van der Waals surface area (Å²) in [6, 6.07) is 10.1. The summed E-state index contributed by atoms with van der Waals surface area (Å²) < 4.78 is 0. The lowest BCUT2D eigenvalue weighted by atomic mass is 9.88. The van der Waals surface area contributed by atoms with Crippen LogP contribution in [0.25, 0.3) is 10.9 Å². The average molecular weight is 283 g/mol. The van der Waals surface area contributed by atoms with Gasteiger partial charge in [-0.2, -0.15) is 0 Å². The van der Waals surface area contributed by atoms with E-state index in [4.69, 9.17) is 0 Å². The number of fused-ring (bicyclic) bond motifs is 5. The van der Waals surface area contributed by atoms with E-state index >= 15 is 0 Å². The zero-order valence-electron chi connectivity index (χ0n) is 12.9. The van der Waals surface area contributed by atoms with E-state index in [1.165, 1.54) is 55.4 Å². The summed E-state index contributed by atoms with van der Waals surface area (Å²) in [5.74, 6) is 0. The number of nitrogens with one attached hydrogen (secondary N) is 2. The molecule has 2 aliphatic heterocycles. The molecule has 2 aliphatic rings. The van der Waals surface area contributed by atoms with E-state index in [1.54, 1.807) is 5.56 Å². The molecule has 2 aromatic rings. The molecule has 112 valence electrons. The van der Waals surface area contributed by atoms with Crippen molar-refractivity contribution in [3.05, 3.63) is 35.5 Å². The minimum Gasteiger partial charge on any atom is -0.357 e. The first kappa shape index (κ1) is 13.4. The van der Waals surface area contributed by atoms with Crippen LogP contribution in [0, 0.1) is 0 Å². The van der Waals surface area contributed by atoms with Gasteiger partial charge in [0.15, 0.2) is 0 Å².